The van der Waals surface area contributed by atoms with Crippen LogP contribution in [-0.4, -0.2) is 9.55 Å². The number of rotatable bonds is 4. The molecule has 0 aliphatic rings. The minimum absolute atomic E-state index is 0.0969. The highest BCUT2D eigenvalue weighted by Gasteiger charge is 2.17. The highest BCUT2D eigenvalue weighted by molar-refractivity contribution is 6.21. The van der Waals surface area contributed by atoms with Gasteiger partial charge in [-0.3, -0.25) is 4.57 Å². The number of hydrogen-bond acceptors (Lipinski definition) is 1. The topological polar surface area (TPSA) is 17.8 Å². The molecule has 0 saturated carbocycles. The summed E-state index contributed by atoms with van der Waals surface area (Å²) in [4.78, 5) is 4.39. The van der Waals surface area contributed by atoms with Gasteiger partial charge in [0.15, 0.2) is 0 Å². The van der Waals surface area contributed by atoms with E-state index in [1.807, 2.05) is 42.5 Å². The van der Waals surface area contributed by atoms with Gasteiger partial charge in [0.2, 0.25) is 0 Å². The number of benzene rings is 7. The lowest BCUT2D eigenvalue weighted by atomic mass is 9.85. The molecule has 198 valence electrons. The van der Waals surface area contributed by atoms with Crippen LogP contribution in [0.1, 0.15) is 20.9 Å². The molecule has 1 aromatic heterocycles. The summed E-state index contributed by atoms with van der Waals surface area (Å²) in [6.45, 7) is -2.54. The fourth-order valence-electron chi connectivity index (χ4n) is 5.73. The van der Waals surface area contributed by atoms with Crippen molar-refractivity contribution in [1.29, 1.82) is 0 Å². The molecule has 0 saturated heterocycles. The minimum Gasteiger partial charge on any atom is -0.297 e. The fraction of sp³-hybridized carbons (Fsp3) is 0.0250. The summed E-state index contributed by atoms with van der Waals surface area (Å²) in [6.07, 6.45) is 0. The molecule has 42 heavy (non-hydrogen) atoms. The molecule has 0 radical (unpaired) electrons. The van der Waals surface area contributed by atoms with E-state index in [1.165, 1.54) is 0 Å². The predicted molar refractivity (Wildman–Crippen MR) is 177 cm³/mol. The lowest BCUT2D eigenvalue weighted by Gasteiger charge is -2.18. The summed E-state index contributed by atoms with van der Waals surface area (Å²) in [5.74, 6) is -0.131. The summed E-state index contributed by atoms with van der Waals surface area (Å²) in [5.41, 5.74) is 4.80. The monoisotopic (exact) mass is 547 g/mol. The molecule has 0 spiro atoms. The summed E-state index contributed by atoms with van der Waals surface area (Å²) in [6, 6.07) is 27.4. The smallest absolute Gasteiger partial charge is 0.111 e. The van der Waals surface area contributed by atoms with Crippen LogP contribution in [0.25, 0.3) is 71.6 Å². The Morgan fingerprint density at radius 2 is 1.00 bits per heavy atom. The average Bonchev–Trinajstić information content (AvgIpc) is 3.58. The minimum atomic E-state index is -2.54. The van der Waals surface area contributed by atoms with Crippen molar-refractivity contribution in [3.63, 3.8) is 0 Å². The zero-order chi connectivity index (χ0) is 37.5. The van der Waals surface area contributed by atoms with Gasteiger partial charge in [0.25, 0.3) is 0 Å². The van der Waals surface area contributed by atoms with Crippen molar-refractivity contribution in [2.24, 2.45) is 0 Å². The van der Waals surface area contributed by atoms with Crippen LogP contribution in [0.4, 0.5) is 0 Å². The largest absolute Gasteiger partial charge is 0.297 e. The Balaban J connectivity index is 1.48. The Kier molecular flexibility index (Phi) is 3.64. The van der Waals surface area contributed by atoms with Crippen molar-refractivity contribution in [3.05, 3.63) is 157 Å². The Hall–Kier alpha value is -5.47. The van der Waals surface area contributed by atoms with E-state index in [9.17, 15) is 5.48 Å². The number of imidazole rings is 1. The van der Waals surface area contributed by atoms with Crippen molar-refractivity contribution in [3.8, 4) is 39.1 Å². The number of nitrogens with zero attached hydrogens (tertiary/aromatic N) is 2. The first-order valence-corrected chi connectivity index (χ1v) is 13.5. The van der Waals surface area contributed by atoms with Gasteiger partial charge in [-0.05, 0) is 86.0 Å². The first-order chi connectivity index (χ1) is 25.3. The van der Waals surface area contributed by atoms with Crippen molar-refractivity contribution in [2.75, 3.05) is 0 Å². The molecule has 0 unspecified atom stereocenters. The second kappa shape index (κ2) is 9.87. The second-order valence-corrected chi connectivity index (χ2v) is 10.00. The van der Waals surface area contributed by atoms with Crippen molar-refractivity contribution >= 4 is 32.6 Å². The molecule has 1 heterocycles. The molecular formula is C40H28N2. The number of para-hydroxylation sites is 2. The third-order valence-corrected chi connectivity index (χ3v) is 7.63. The number of aryl methyl sites for hydroxylation is 1. The SMILES string of the molecule is [2H]c1c([2H])c([2H])c2c(-c3ccc(-n4c(C([2H])([2H])[2H])nc5ccccc54)cc3)c3c([2H])c([2H])c([2H])c([2H])c3c(-c3ccc(-c4ccccc4)cc3)c2c1[2H]. The Morgan fingerprint density at radius 3 is 1.57 bits per heavy atom. The van der Waals surface area contributed by atoms with Crippen LogP contribution in [0, 0.1) is 6.85 Å². The van der Waals surface area contributed by atoms with Gasteiger partial charge in [0.05, 0.1) is 22.0 Å². The van der Waals surface area contributed by atoms with Gasteiger partial charge < -0.3 is 0 Å². The molecule has 0 amide bonds. The second-order valence-electron chi connectivity index (χ2n) is 10.00. The van der Waals surface area contributed by atoms with Gasteiger partial charge in [-0.25, -0.2) is 4.98 Å². The molecular weight excluding hydrogens is 508 g/mol. The van der Waals surface area contributed by atoms with E-state index in [1.54, 1.807) is 65.2 Å². The van der Waals surface area contributed by atoms with Crippen molar-refractivity contribution in [1.82, 2.24) is 9.55 Å². The molecule has 0 N–H and O–H groups in total. The van der Waals surface area contributed by atoms with Crippen molar-refractivity contribution in [2.45, 2.75) is 6.85 Å². The van der Waals surface area contributed by atoms with Gasteiger partial charge >= 0.3 is 0 Å². The zero-order valence-corrected chi connectivity index (χ0v) is 22.2. The van der Waals surface area contributed by atoms with Gasteiger partial charge in [0, 0.05) is 9.80 Å². The van der Waals surface area contributed by atoms with E-state index >= 15 is 0 Å². The Bertz CT molecular complexity index is 2690. The Morgan fingerprint density at radius 1 is 0.524 bits per heavy atom. The maximum absolute atomic E-state index is 9.20. The lowest BCUT2D eigenvalue weighted by Crippen LogP contribution is -1.97. The first kappa shape index (κ1) is 15.5. The summed E-state index contributed by atoms with van der Waals surface area (Å²) in [5, 5.41) is 0.426. The zero-order valence-electron chi connectivity index (χ0n) is 33.2. The number of aromatic nitrogens is 2. The van der Waals surface area contributed by atoms with E-state index in [0.29, 0.717) is 27.8 Å². The highest BCUT2D eigenvalue weighted by Crippen LogP contribution is 2.44. The predicted octanol–water partition coefficient (Wildman–Crippen LogP) is 10.6. The van der Waals surface area contributed by atoms with Gasteiger partial charge in [-0.2, -0.15) is 0 Å². The first-order valence-electron chi connectivity index (χ1n) is 19.0. The third-order valence-electron chi connectivity index (χ3n) is 7.63. The average molecular weight is 548 g/mol. The van der Waals surface area contributed by atoms with Crippen LogP contribution in [0.5, 0.6) is 0 Å². The molecule has 0 atom stereocenters. The molecule has 0 bridgehead atoms. The van der Waals surface area contributed by atoms with Crippen LogP contribution in [0.15, 0.2) is 151 Å². The Labute approximate surface area is 260 Å². The van der Waals surface area contributed by atoms with Crippen LogP contribution >= 0.6 is 0 Å². The molecule has 0 fully saturated rings. The van der Waals surface area contributed by atoms with Crippen LogP contribution in [0.3, 0.4) is 0 Å². The van der Waals surface area contributed by atoms with Crippen LogP contribution in [-0.2, 0) is 0 Å². The summed E-state index contributed by atoms with van der Waals surface area (Å²) in [7, 11) is 0. The van der Waals surface area contributed by atoms with Gasteiger partial charge in [-0.15, -0.1) is 0 Å². The molecule has 2 nitrogen and oxygen atoms in total. The van der Waals surface area contributed by atoms with Gasteiger partial charge in [-0.1, -0.05) is 127 Å². The quantitative estimate of drug-likeness (QED) is 0.200. The molecule has 8 rings (SSSR count). The van der Waals surface area contributed by atoms with Crippen LogP contribution < -0.4 is 0 Å². The molecule has 0 aliphatic carbocycles. The van der Waals surface area contributed by atoms with E-state index < -0.39 is 31.0 Å². The summed E-state index contributed by atoms with van der Waals surface area (Å²) >= 11 is 0. The lowest BCUT2D eigenvalue weighted by molar-refractivity contribution is 1.00. The van der Waals surface area contributed by atoms with E-state index in [-0.39, 0.29) is 62.7 Å². The van der Waals surface area contributed by atoms with E-state index in [4.69, 9.17) is 9.60 Å². The molecule has 0 aliphatic heterocycles. The summed E-state index contributed by atoms with van der Waals surface area (Å²) < 4.78 is 97.5. The highest BCUT2D eigenvalue weighted by atomic mass is 15.1. The fourth-order valence-corrected chi connectivity index (χ4v) is 5.73. The molecule has 2 heteroatoms. The van der Waals surface area contributed by atoms with Gasteiger partial charge in [0.1, 0.15) is 5.82 Å². The van der Waals surface area contributed by atoms with Crippen molar-refractivity contribution < 1.29 is 15.1 Å². The number of fused-ring (bicyclic) bond motifs is 3. The van der Waals surface area contributed by atoms with E-state index in [2.05, 4.69) is 4.98 Å². The standard InChI is InChI=1S/C40H28N2/c1-27-41-37-17-9-10-18-38(37)42(27)32-25-23-31(24-26-32)40-35-15-7-5-13-33(35)39(34-14-6-8-16-36(34)40)30-21-19-29(20-22-30)28-11-3-2-4-12-28/h2-26H,1H3/i1D3,5D,6D,7D,8D,13D,14D,15D,16D. The number of hydrogen-bond donors (Lipinski definition) is 0. The maximum atomic E-state index is 9.20. The third kappa shape index (κ3) is 3.92. The normalized spacial score (nSPS) is 15.5. The molecule has 8 aromatic rings. The van der Waals surface area contributed by atoms with Crippen LogP contribution in [0.2, 0.25) is 0 Å². The van der Waals surface area contributed by atoms with E-state index in [0.717, 1.165) is 11.1 Å². The maximum Gasteiger partial charge on any atom is 0.111 e. The molecule has 7 aromatic carbocycles.